The molecule has 0 fully saturated rings. The van der Waals surface area contributed by atoms with E-state index >= 15 is 0 Å². The van der Waals surface area contributed by atoms with Crippen LogP contribution >= 0.6 is 23.4 Å². The molecule has 23 heavy (non-hydrogen) atoms. The lowest BCUT2D eigenvalue weighted by atomic mass is 10.00. The van der Waals surface area contributed by atoms with E-state index < -0.39 is 0 Å². The molecule has 0 nitrogen and oxygen atoms in total. The SMILES string of the molecule is Cc1ccc(S/C=C(/c2ccccc2)c2ccc(Cl)cc2)cc1. The molecule has 0 amide bonds. The third-order valence-corrected chi connectivity index (χ3v) is 4.72. The average Bonchev–Trinajstić information content (AvgIpc) is 2.59. The van der Waals surface area contributed by atoms with Gasteiger partial charge in [0.25, 0.3) is 0 Å². The van der Waals surface area contributed by atoms with Crippen LogP contribution in [-0.2, 0) is 0 Å². The molecule has 0 bridgehead atoms. The lowest BCUT2D eigenvalue weighted by molar-refractivity contribution is 1.38. The van der Waals surface area contributed by atoms with E-state index in [1.165, 1.54) is 27.2 Å². The quantitative estimate of drug-likeness (QED) is 0.470. The van der Waals surface area contributed by atoms with Crippen LogP contribution in [0.15, 0.2) is 89.2 Å². The van der Waals surface area contributed by atoms with Gasteiger partial charge in [-0.2, -0.15) is 0 Å². The van der Waals surface area contributed by atoms with Crippen molar-refractivity contribution in [3.05, 3.63) is 106 Å². The summed E-state index contributed by atoms with van der Waals surface area (Å²) in [5.41, 5.74) is 4.85. The summed E-state index contributed by atoms with van der Waals surface area (Å²) in [5.74, 6) is 0. The molecule has 0 aliphatic heterocycles. The Hall–Kier alpha value is -1.96. The number of hydrogen-bond acceptors (Lipinski definition) is 1. The van der Waals surface area contributed by atoms with Gasteiger partial charge in [-0.05, 0) is 53.3 Å². The Morgan fingerprint density at radius 3 is 2.04 bits per heavy atom. The maximum absolute atomic E-state index is 6.03. The number of halogens is 1. The van der Waals surface area contributed by atoms with Crippen molar-refractivity contribution in [3.8, 4) is 0 Å². The Balaban J connectivity index is 1.96. The lowest BCUT2D eigenvalue weighted by Gasteiger charge is -2.09. The predicted molar refractivity (Wildman–Crippen MR) is 102 cm³/mol. The normalized spacial score (nSPS) is 11.5. The summed E-state index contributed by atoms with van der Waals surface area (Å²) in [6.07, 6.45) is 0. The highest BCUT2D eigenvalue weighted by molar-refractivity contribution is 8.02. The molecule has 0 aliphatic carbocycles. The van der Waals surface area contributed by atoms with E-state index in [2.05, 4.69) is 73.0 Å². The van der Waals surface area contributed by atoms with Crippen LogP contribution in [0.4, 0.5) is 0 Å². The van der Waals surface area contributed by atoms with E-state index in [1.54, 1.807) is 11.8 Å². The molecule has 0 radical (unpaired) electrons. The number of aryl methyl sites for hydroxylation is 1. The van der Waals surface area contributed by atoms with Gasteiger partial charge >= 0.3 is 0 Å². The van der Waals surface area contributed by atoms with E-state index in [1.807, 2.05) is 18.2 Å². The number of benzene rings is 3. The second-order valence-electron chi connectivity index (χ2n) is 5.34. The van der Waals surface area contributed by atoms with E-state index in [9.17, 15) is 0 Å². The molecule has 0 aromatic heterocycles. The second kappa shape index (κ2) is 7.54. The third-order valence-electron chi connectivity index (χ3n) is 3.57. The topological polar surface area (TPSA) is 0 Å². The van der Waals surface area contributed by atoms with E-state index in [4.69, 9.17) is 11.6 Å². The van der Waals surface area contributed by atoms with Crippen LogP contribution in [0.2, 0.25) is 5.02 Å². The molecule has 0 N–H and O–H groups in total. The Morgan fingerprint density at radius 2 is 1.39 bits per heavy atom. The van der Waals surface area contributed by atoms with Crippen LogP contribution in [0.5, 0.6) is 0 Å². The Morgan fingerprint density at radius 1 is 0.783 bits per heavy atom. The molecule has 0 saturated heterocycles. The van der Waals surface area contributed by atoms with Crippen molar-refractivity contribution in [1.29, 1.82) is 0 Å². The van der Waals surface area contributed by atoms with Crippen LogP contribution in [0, 0.1) is 6.92 Å². The summed E-state index contributed by atoms with van der Waals surface area (Å²) < 4.78 is 0. The van der Waals surface area contributed by atoms with Crippen LogP contribution in [0.25, 0.3) is 5.57 Å². The Kier molecular flexibility index (Phi) is 5.22. The van der Waals surface area contributed by atoms with Crippen LogP contribution in [0.3, 0.4) is 0 Å². The predicted octanol–water partition coefficient (Wildman–Crippen LogP) is 6.83. The van der Waals surface area contributed by atoms with E-state index in [-0.39, 0.29) is 0 Å². The molecular weight excluding hydrogens is 320 g/mol. The summed E-state index contributed by atoms with van der Waals surface area (Å²) in [6, 6.07) is 27.0. The number of hydrogen-bond donors (Lipinski definition) is 0. The van der Waals surface area contributed by atoms with Gasteiger partial charge in [0.1, 0.15) is 0 Å². The molecule has 0 saturated carbocycles. The van der Waals surface area contributed by atoms with Crippen molar-refractivity contribution in [2.75, 3.05) is 0 Å². The molecule has 0 unspecified atom stereocenters. The first-order valence-corrected chi connectivity index (χ1v) is 8.73. The van der Waals surface area contributed by atoms with Crippen LogP contribution < -0.4 is 0 Å². The monoisotopic (exact) mass is 336 g/mol. The molecule has 0 atom stereocenters. The maximum Gasteiger partial charge on any atom is 0.0406 e. The first-order valence-electron chi connectivity index (χ1n) is 7.47. The zero-order chi connectivity index (χ0) is 16.1. The maximum atomic E-state index is 6.03. The Labute approximate surface area is 146 Å². The van der Waals surface area contributed by atoms with Crippen LogP contribution in [0.1, 0.15) is 16.7 Å². The molecule has 0 heterocycles. The van der Waals surface area contributed by atoms with Crippen molar-refractivity contribution in [2.24, 2.45) is 0 Å². The molecule has 0 spiro atoms. The molecule has 3 aromatic rings. The Bertz CT molecular complexity index is 788. The van der Waals surface area contributed by atoms with Crippen LogP contribution in [-0.4, -0.2) is 0 Å². The first-order chi connectivity index (χ1) is 11.2. The highest BCUT2D eigenvalue weighted by atomic mass is 35.5. The fourth-order valence-corrected chi connectivity index (χ4v) is 3.24. The molecule has 3 aromatic carbocycles. The molecule has 2 heteroatoms. The molecular formula is C21H17ClS. The number of thioether (sulfide) groups is 1. The average molecular weight is 337 g/mol. The number of rotatable bonds is 4. The molecule has 0 aliphatic rings. The third kappa shape index (κ3) is 4.28. The van der Waals surface area contributed by atoms with E-state index in [0.29, 0.717) is 0 Å². The van der Waals surface area contributed by atoms with Gasteiger partial charge in [-0.15, -0.1) is 0 Å². The van der Waals surface area contributed by atoms with Crippen molar-refractivity contribution in [2.45, 2.75) is 11.8 Å². The highest BCUT2D eigenvalue weighted by Crippen LogP contribution is 2.30. The summed E-state index contributed by atoms with van der Waals surface area (Å²) in [6.45, 7) is 2.10. The van der Waals surface area contributed by atoms with Crippen molar-refractivity contribution in [3.63, 3.8) is 0 Å². The molecule has 114 valence electrons. The van der Waals surface area contributed by atoms with Gasteiger partial charge in [0.05, 0.1) is 0 Å². The minimum atomic E-state index is 0.757. The van der Waals surface area contributed by atoms with Gasteiger partial charge in [-0.3, -0.25) is 0 Å². The molecule has 3 rings (SSSR count). The van der Waals surface area contributed by atoms with Crippen molar-refractivity contribution in [1.82, 2.24) is 0 Å². The van der Waals surface area contributed by atoms with Gasteiger partial charge in [0.2, 0.25) is 0 Å². The summed E-state index contributed by atoms with van der Waals surface area (Å²) in [4.78, 5) is 1.23. The summed E-state index contributed by atoms with van der Waals surface area (Å²) in [7, 11) is 0. The first kappa shape index (κ1) is 15.9. The van der Waals surface area contributed by atoms with Gasteiger partial charge < -0.3 is 0 Å². The lowest BCUT2D eigenvalue weighted by Crippen LogP contribution is -1.87. The van der Waals surface area contributed by atoms with Gasteiger partial charge in [0.15, 0.2) is 0 Å². The summed E-state index contributed by atoms with van der Waals surface area (Å²) >= 11 is 7.76. The standard InChI is InChI=1S/C21H17ClS/c1-16-7-13-20(14-8-16)23-15-21(17-5-3-2-4-6-17)18-9-11-19(22)12-10-18/h2-15H,1H3/b21-15-. The highest BCUT2D eigenvalue weighted by Gasteiger charge is 2.05. The van der Waals surface area contributed by atoms with Gasteiger partial charge in [-0.25, -0.2) is 0 Å². The minimum absolute atomic E-state index is 0.757. The fraction of sp³-hybridized carbons (Fsp3) is 0.0476. The smallest absolute Gasteiger partial charge is 0.0406 e. The summed E-state index contributed by atoms with van der Waals surface area (Å²) in [5, 5.41) is 2.97. The fourth-order valence-electron chi connectivity index (χ4n) is 2.29. The van der Waals surface area contributed by atoms with Crippen molar-refractivity contribution < 1.29 is 0 Å². The van der Waals surface area contributed by atoms with E-state index in [0.717, 1.165) is 5.02 Å². The van der Waals surface area contributed by atoms with Gasteiger partial charge in [0, 0.05) is 9.92 Å². The minimum Gasteiger partial charge on any atom is -0.0974 e. The zero-order valence-corrected chi connectivity index (χ0v) is 14.4. The largest absolute Gasteiger partial charge is 0.0974 e. The zero-order valence-electron chi connectivity index (χ0n) is 12.9. The van der Waals surface area contributed by atoms with Crippen molar-refractivity contribution >= 4 is 28.9 Å². The second-order valence-corrected chi connectivity index (χ2v) is 6.71. The van der Waals surface area contributed by atoms with Gasteiger partial charge in [-0.1, -0.05) is 83.5 Å².